The van der Waals surface area contributed by atoms with Crippen LogP contribution in [-0.2, 0) is 9.84 Å². The Hall–Kier alpha value is -1.16. The predicted octanol–water partition coefficient (Wildman–Crippen LogP) is 2.05. The van der Waals surface area contributed by atoms with Gasteiger partial charge >= 0.3 is 0 Å². The third-order valence-electron chi connectivity index (χ3n) is 2.97. The number of fused-ring (bicyclic) bond motifs is 1. The zero-order valence-corrected chi connectivity index (χ0v) is 10.2. The first-order valence-corrected chi connectivity index (χ1v) is 6.95. The van der Waals surface area contributed by atoms with Crippen molar-refractivity contribution < 1.29 is 13.2 Å². The number of ketones is 1. The molecule has 1 aromatic carbocycles. The van der Waals surface area contributed by atoms with Gasteiger partial charge in [0, 0.05) is 12.0 Å². The molecule has 86 valence electrons. The molecule has 0 N–H and O–H groups in total. The van der Waals surface area contributed by atoms with Crippen LogP contribution in [0.3, 0.4) is 0 Å². The summed E-state index contributed by atoms with van der Waals surface area (Å²) >= 11 is 0. The van der Waals surface area contributed by atoms with Gasteiger partial charge in [0.25, 0.3) is 0 Å². The van der Waals surface area contributed by atoms with E-state index in [1.54, 1.807) is 19.9 Å². The van der Waals surface area contributed by atoms with E-state index in [0.717, 1.165) is 5.56 Å². The summed E-state index contributed by atoms with van der Waals surface area (Å²) in [6, 6.07) is 3.58. The second kappa shape index (κ2) is 3.70. The number of rotatable bonds is 0. The monoisotopic (exact) mass is 238 g/mol. The maximum Gasteiger partial charge on any atom is 0.179 e. The Morgan fingerprint density at radius 3 is 2.44 bits per heavy atom. The van der Waals surface area contributed by atoms with Gasteiger partial charge in [-0.25, -0.2) is 8.42 Å². The van der Waals surface area contributed by atoms with Gasteiger partial charge in [0.1, 0.15) is 0 Å². The molecule has 1 aliphatic heterocycles. The zero-order chi connectivity index (χ0) is 11.9. The van der Waals surface area contributed by atoms with E-state index in [-0.39, 0.29) is 16.4 Å². The van der Waals surface area contributed by atoms with Crippen molar-refractivity contribution in [3.05, 3.63) is 28.8 Å². The maximum absolute atomic E-state index is 12.1. The Balaban J connectivity index is 2.87. The first-order valence-electron chi connectivity index (χ1n) is 5.29. The van der Waals surface area contributed by atoms with Crippen LogP contribution in [0.1, 0.15) is 34.3 Å². The van der Waals surface area contributed by atoms with Crippen molar-refractivity contribution in [2.24, 2.45) is 0 Å². The summed E-state index contributed by atoms with van der Waals surface area (Å²) in [6.45, 7) is 3.53. The number of carbonyl (C=O) groups excluding carboxylic acids is 1. The molecule has 2 rings (SSSR count). The van der Waals surface area contributed by atoms with Gasteiger partial charge in [-0.15, -0.1) is 0 Å². The summed E-state index contributed by atoms with van der Waals surface area (Å²) in [6.07, 6.45) is 0.755. The standard InChI is InChI=1S/C12H14O3S/c1-8-5-6-9(2)12-11(8)10(13)4-3-7-16(12,14)15/h5-6H,3-4,7H2,1-2H3. The molecular formula is C12H14O3S. The lowest BCUT2D eigenvalue weighted by Gasteiger charge is -2.11. The number of aryl methyl sites for hydroxylation is 2. The van der Waals surface area contributed by atoms with Crippen LogP contribution >= 0.6 is 0 Å². The van der Waals surface area contributed by atoms with Crippen LogP contribution in [0.25, 0.3) is 0 Å². The van der Waals surface area contributed by atoms with Gasteiger partial charge in [-0.05, 0) is 31.4 Å². The molecule has 0 amide bonds. The average molecular weight is 238 g/mol. The van der Waals surface area contributed by atoms with Gasteiger partial charge in [0.15, 0.2) is 15.6 Å². The first kappa shape index (κ1) is 11.3. The van der Waals surface area contributed by atoms with E-state index >= 15 is 0 Å². The van der Waals surface area contributed by atoms with Gasteiger partial charge in [0.2, 0.25) is 0 Å². The number of hydrogen-bond acceptors (Lipinski definition) is 3. The summed E-state index contributed by atoms with van der Waals surface area (Å²) in [5, 5.41) is 0. The summed E-state index contributed by atoms with van der Waals surface area (Å²) in [5.41, 5.74) is 1.85. The third kappa shape index (κ3) is 1.67. The second-order valence-electron chi connectivity index (χ2n) is 4.25. The lowest BCUT2D eigenvalue weighted by atomic mass is 9.99. The average Bonchev–Trinajstić information content (AvgIpc) is 2.30. The highest BCUT2D eigenvalue weighted by atomic mass is 32.2. The summed E-state index contributed by atoms with van der Waals surface area (Å²) in [7, 11) is -3.29. The minimum absolute atomic E-state index is 0.0442. The van der Waals surface area contributed by atoms with E-state index in [4.69, 9.17) is 0 Å². The summed E-state index contributed by atoms with van der Waals surface area (Å²) in [4.78, 5) is 12.2. The third-order valence-corrected chi connectivity index (χ3v) is 4.94. The van der Waals surface area contributed by atoms with Gasteiger partial charge < -0.3 is 0 Å². The molecule has 4 heteroatoms. The van der Waals surface area contributed by atoms with Gasteiger partial charge in [0.05, 0.1) is 10.6 Å². The van der Waals surface area contributed by atoms with Crippen molar-refractivity contribution in [2.45, 2.75) is 31.6 Å². The van der Waals surface area contributed by atoms with Crippen molar-refractivity contribution in [1.82, 2.24) is 0 Å². The number of sulfone groups is 1. The second-order valence-corrected chi connectivity index (χ2v) is 6.30. The number of Topliss-reactive ketones (excluding diaryl/α,β-unsaturated/α-hetero) is 1. The van der Waals surface area contributed by atoms with Crippen molar-refractivity contribution in [3.8, 4) is 0 Å². The minimum atomic E-state index is -3.29. The van der Waals surface area contributed by atoms with Crippen LogP contribution in [0.5, 0.6) is 0 Å². The van der Waals surface area contributed by atoms with E-state index < -0.39 is 9.84 Å². The molecular weight excluding hydrogens is 224 g/mol. The molecule has 0 radical (unpaired) electrons. The topological polar surface area (TPSA) is 51.2 Å². The largest absolute Gasteiger partial charge is 0.294 e. The Morgan fingerprint density at radius 1 is 1.12 bits per heavy atom. The fraction of sp³-hybridized carbons (Fsp3) is 0.417. The Kier molecular flexibility index (Phi) is 2.62. The molecule has 0 atom stereocenters. The SMILES string of the molecule is Cc1ccc(C)c2c1C(=O)CCCS2(=O)=O. The highest BCUT2D eigenvalue weighted by molar-refractivity contribution is 7.91. The fourth-order valence-corrected chi connectivity index (χ4v) is 4.06. The smallest absolute Gasteiger partial charge is 0.179 e. The molecule has 0 aliphatic carbocycles. The molecule has 1 aromatic rings. The lowest BCUT2D eigenvalue weighted by molar-refractivity contribution is 0.0979. The highest BCUT2D eigenvalue weighted by Crippen LogP contribution is 2.29. The van der Waals surface area contributed by atoms with E-state index in [0.29, 0.717) is 24.0 Å². The Morgan fingerprint density at radius 2 is 1.75 bits per heavy atom. The lowest BCUT2D eigenvalue weighted by Crippen LogP contribution is -2.10. The quantitative estimate of drug-likeness (QED) is 0.695. The fourth-order valence-electron chi connectivity index (χ4n) is 2.18. The Labute approximate surface area is 95.4 Å². The minimum Gasteiger partial charge on any atom is -0.294 e. The molecule has 0 spiro atoms. The van der Waals surface area contributed by atoms with Gasteiger partial charge in [-0.3, -0.25) is 4.79 Å². The molecule has 0 fully saturated rings. The Bertz CT molecular complexity index is 556. The van der Waals surface area contributed by atoms with Crippen molar-refractivity contribution in [3.63, 3.8) is 0 Å². The predicted molar refractivity (Wildman–Crippen MR) is 61.5 cm³/mol. The highest BCUT2D eigenvalue weighted by Gasteiger charge is 2.29. The van der Waals surface area contributed by atoms with Crippen molar-refractivity contribution in [1.29, 1.82) is 0 Å². The van der Waals surface area contributed by atoms with Crippen LogP contribution < -0.4 is 0 Å². The number of hydrogen-bond donors (Lipinski definition) is 0. The van der Waals surface area contributed by atoms with Crippen molar-refractivity contribution in [2.75, 3.05) is 5.75 Å². The van der Waals surface area contributed by atoms with Crippen LogP contribution in [-0.4, -0.2) is 20.0 Å². The first-order chi connectivity index (χ1) is 7.43. The summed E-state index contributed by atoms with van der Waals surface area (Å²) < 4.78 is 24.1. The van der Waals surface area contributed by atoms with Crippen LogP contribution in [0.4, 0.5) is 0 Å². The normalized spacial score (nSPS) is 19.0. The number of carbonyl (C=O) groups is 1. The molecule has 3 nitrogen and oxygen atoms in total. The van der Waals surface area contributed by atoms with E-state index in [1.165, 1.54) is 0 Å². The molecule has 1 heterocycles. The van der Waals surface area contributed by atoms with Crippen molar-refractivity contribution >= 4 is 15.6 Å². The van der Waals surface area contributed by atoms with Crippen LogP contribution in [0.2, 0.25) is 0 Å². The van der Waals surface area contributed by atoms with Crippen LogP contribution in [0.15, 0.2) is 17.0 Å². The maximum atomic E-state index is 12.1. The molecule has 0 aromatic heterocycles. The van der Waals surface area contributed by atoms with Crippen LogP contribution in [0, 0.1) is 13.8 Å². The molecule has 0 saturated carbocycles. The van der Waals surface area contributed by atoms with Gasteiger partial charge in [-0.2, -0.15) is 0 Å². The molecule has 1 aliphatic rings. The molecule has 0 saturated heterocycles. The summed E-state index contributed by atoms with van der Waals surface area (Å²) in [5.74, 6) is 0.0352. The number of benzene rings is 1. The molecule has 16 heavy (non-hydrogen) atoms. The van der Waals surface area contributed by atoms with Gasteiger partial charge in [-0.1, -0.05) is 12.1 Å². The van der Waals surface area contributed by atoms with E-state index in [1.807, 2.05) is 6.07 Å². The van der Waals surface area contributed by atoms with E-state index in [9.17, 15) is 13.2 Å². The molecule has 0 unspecified atom stereocenters. The zero-order valence-electron chi connectivity index (χ0n) is 9.41. The molecule has 0 bridgehead atoms. The van der Waals surface area contributed by atoms with E-state index in [2.05, 4.69) is 0 Å².